The average molecular weight is 395 g/mol. The Morgan fingerprint density at radius 2 is 1.86 bits per heavy atom. The Labute approximate surface area is 163 Å². The quantitative estimate of drug-likeness (QED) is 0.696. The van der Waals surface area contributed by atoms with Gasteiger partial charge in [0.1, 0.15) is 0 Å². The molecule has 2 N–H and O–H groups in total. The number of nitrogens with one attached hydrogen (secondary N) is 2. The van der Waals surface area contributed by atoms with E-state index in [0.29, 0.717) is 25.1 Å². The number of rotatable bonds is 5. The minimum Gasteiger partial charge on any atom is -0.381 e. The van der Waals surface area contributed by atoms with Crippen molar-refractivity contribution in [3.8, 4) is 11.1 Å². The lowest BCUT2D eigenvalue weighted by Crippen LogP contribution is -2.27. The van der Waals surface area contributed by atoms with Gasteiger partial charge in [-0.15, -0.1) is 0 Å². The predicted octanol–water partition coefficient (Wildman–Crippen LogP) is 2.98. The molecule has 1 aromatic heterocycles. The number of nitrogens with zero attached hydrogens (tertiary/aromatic N) is 1. The lowest BCUT2D eigenvalue weighted by atomic mass is 10.1. The highest BCUT2D eigenvalue weighted by Gasteiger charge is 2.26. The van der Waals surface area contributed by atoms with Gasteiger partial charge in [-0.2, -0.15) is 0 Å². The summed E-state index contributed by atoms with van der Waals surface area (Å²) in [5.74, 6) is 0. The first kappa shape index (κ1) is 18.3. The Kier molecular flexibility index (Phi) is 4.68. The molecule has 0 amide bonds. The number of pyridine rings is 1. The topological polar surface area (TPSA) is 82.3 Å². The second-order valence-corrected chi connectivity index (χ2v) is 8.80. The number of aromatic amines is 1. The van der Waals surface area contributed by atoms with Gasteiger partial charge in [0.05, 0.1) is 11.9 Å². The molecule has 0 saturated heterocycles. The maximum Gasteiger partial charge on any atom is 0.252 e. The SMILES string of the molecule is CS(=O)(=O)N1CCc2cc(NCc3cc(-c4ccccc4)c[nH]c3=O)ccc21. The molecule has 2 aromatic carbocycles. The fourth-order valence-corrected chi connectivity index (χ4v) is 4.44. The number of sulfonamides is 1. The summed E-state index contributed by atoms with van der Waals surface area (Å²) < 4.78 is 25.1. The summed E-state index contributed by atoms with van der Waals surface area (Å²) in [6.45, 7) is 0.848. The monoisotopic (exact) mass is 395 g/mol. The van der Waals surface area contributed by atoms with Crippen LogP contribution in [0.25, 0.3) is 11.1 Å². The van der Waals surface area contributed by atoms with Gasteiger partial charge in [-0.05, 0) is 47.4 Å². The normalized spacial score (nSPS) is 13.4. The van der Waals surface area contributed by atoms with Gasteiger partial charge in [0.2, 0.25) is 10.0 Å². The molecule has 3 aromatic rings. The summed E-state index contributed by atoms with van der Waals surface area (Å²) in [5.41, 5.74) is 5.09. The molecule has 0 bridgehead atoms. The van der Waals surface area contributed by atoms with Gasteiger partial charge in [0, 0.05) is 30.5 Å². The van der Waals surface area contributed by atoms with Crippen LogP contribution in [0, 0.1) is 0 Å². The molecular formula is C21H21N3O3S. The number of aromatic nitrogens is 1. The number of anilines is 2. The van der Waals surface area contributed by atoms with Crippen molar-refractivity contribution < 1.29 is 8.42 Å². The molecule has 144 valence electrons. The first-order valence-corrected chi connectivity index (χ1v) is 10.9. The molecule has 0 saturated carbocycles. The maximum atomic E-state index is 12.2. The third-order valence-electron chi connectivity index (χ3n) is 4.90. The molecular weight excluding hydrogens is 374 g/mol. The standard InChI is InChI=1S/C21H21N3O3S/c1-28(26,27)24-10-9-16-12-19(7-8-20(16)24)22-14-18-11-17(13-23-21(18)25)15-5-3-2-4-6-15/h2-8,11-13,22H,9-10,14H2,1H3,(H,23,25). The van der Waals surface area contributed by atoms with Gasteiger partial charge in [-0.25, -0.2) is 8.42 Å². The van der Waals surface area contributed by atoms with Crippen molar-refractivity contribution in [3.05, 3.63) is 82.3 Å². The van der Waals surface area contributed by atoms with Crippen LogP contribution in [0.3, 0.4) is 0 Å². The molecule has 1 aliphatic rings. The molecule has 0 fully saturated rings. The van der Waals surface area contributed by atoms with Crippen molar-refractivity contribution in [1.29, 1.82) is 0 Å². The van der Waals surface area contributed by atoms with E-state index in [1.54, 1.807) is 6.20 Å². The van der Waals surface area contributed by atoms with Crippen molar-refractivity contribution >= 4 is 21.4 Å². The summed E-state index contributed by atoms with van der Waals surface area (Å²) >= 11 is 0. The average Bonchev–Trinajstić information content (AvgIpc) is 3.12. The van der Waals surface area contributed by atoms with E-state index in [-0.39, 0.29) is 5.56 Å². The third-order valence-corrected chi connectivity index (χ3v) is 6.08. The predicted molar refractivity (Wildman–Crippen MR) is 112 cm³/mol. The molecule has 0 atom stereocenters. The van der Waals surface area contributed by atoms with Gasteiger partial charge >= 0.3 is 0 Å². The Balaban J connectivity index is 1.54. The first-order chi connectivity index (χ1) is 13.4. The largest absolute Gasteiger partial charge is 0.381 e. The van der Waals surface area contributed by atoms with Gasteiger partial charge in [-0.1, -0.05) is 30.3 Å². The van der Waals surface area contributed by atoms with Crippen molar-refractivity contribution in [3.63, 3.8) is 0 Å². The van der Waals surface area contributed by atoms with Crippen LogP contribution in [0.2, 0.25) is 0 Å². The number of benzene rings is 2. The van der Waals surface area contributed by atoms with Crippen LogP contribution in [-0.4, -0.2) is 26.2 Å². The highest BCUT2D eigenvalue weighted by atomic mass is 32.2. The second-order valence-electron chi connectivity index (χ2n) is 6.89. The Morgan fingerprint density at radius 3 is 2.61 bits per heavy atom. The van der Waals surface area contributed by atoms with Crippen LogP contribution >= 0.6 is 0 Å². The van der Waals surface area contributed by atoms with Crippen LogP contribution in [0.1, 0.15) is 11.1 Å². The second kappa shape index (κ2) is 7.16. The Hall–Kier alpha value is -3.06. The highest BCUT2D eigenvalue weighted by molar-refractivity contribution is 7.92. The van der Waals surface area contributed by atoms with E-state index in [4.69, 9.17) is 0 Å². The van der Waals surface area contributed by atoms with Gasteiger partial charge in [0.15, 0.2) is 0 Å². The minimum atomic E-state index is -3.25. The third kappa shape index (κ3) is 3.66. The Morgan fingerprint density at radius 1 is 1.07 bits per heavy atom. The molecule has 2 heterocycles. The van der Waals surface area contributed by atoms with E-state index in [0.717, 1.165) is 28.1 Å². The van der Waals surface area contributed by atoms with E-state index in [1.165, 1.54) is 10.6 Å². The van der Waals surface area contributed by atoms with Crippen LogP contribution < -0.4 is 15.2 Å². The summed E-state index contributed by atoms with van der Waals surface area (Å²) in [4.78, 5) is 15.0. The van der Waals surface area contributed by atoms with E-state index in [1.807, 2.05) is 54.6 Å². The van der Waals surface area contributed by atoms with Gasteiger partial charge < -0.3 is 10.3 Å². The number of H-pyrrole nitrogens is 1. The summed E-state index contributed by atoms with van der Waals surface area (Å²) in [6, 6.07) is 17.4. The first-order valence-electron chi connectivity index (χ1n) is 9.03. The summed E-state index contributed by atoms with van der Waals surface area (Å²) in [7, 11) is -3.25. The van der Waals surface area contributed by atoms with E-state index in [9.17, 15) is 13.2 Å². The van der Waals surface area contributed by atoms with Crippen LogP contribution in [-0.2, 0) is 23.0 Å². The zero-order valence-corrected chi connectivity index (χ0v) is 16.3. The van der Waals surface area contributed by atoms with E-state index in [2.05, 4.69) is 10.3 Å². The molecule has 6 nitrogen and oxygen atoms in total. The summed E-state index contributed by atoms with van der Waals surface area (Å²) in [6.07, 6.45) is 3.62. The van der Waals surface area contributed by atoms with Gasteiger partial charge in [-0.3, -0.25) is 9.10 Å². The fraction of sp³-hybridized carbons (Fsp3) is 0.190. The van der Waals surface area contributed by atoms with Crippen molar-refractivity contribution in [2.24, 2.45) is 0 Å². The molecule has 0 aliphatic carbocycles. The number of fused-ring (bicyclic) bond motifs is 1. The zero-order chi connectivity index (χ0) is 19.7. The number of hydrogen-bond donors (Lipinski definition) is 2. The zero-order valence-electron chi connectivity index (χ0n) is 15.5. The maximum absolute atomic E-state index is 12.2. The summed E-state index contributed by atoms with van der Waals surface area (Å²) in [5, 5.41) is 3.28. The van der Waals surface area contributed by atoms with E-state index >= 15 is 0 Å². The lowest BCUT2D eigenvalue weighted by Gasteiger charge is -2.16. The van der Waals surface area contributed by atoms with Crippen molar-refractivity contribution in [1.82, 2.24) is 4.98 Å². The van der Waals surface area contributed by atoms with Gasteiger partial charge in [0.25, 0.3) is 5.56 Å². The van der Waals surface area contributed by atoms with Crippen LogP contribution in [0.5, 0.6) is 0 Å². The number of hydrogen-bond acceptors (Lipinski definition) is 4. The molecule has 28 heavy (non-hydrogen) atoms. The minimum absolute atomic E-state index is 0.128. The molecule has 0 spiro atoms. The van der Waals surface area contributed by atoms with E-state index < -0.39 is 10.0 Å². The fourth-order valence-electron chi connectivity index (χ4n) is 3.48. The molecule has 0 unspecified atom stereocenters. The molecule has 7 heteroatoms. The smallest absolute Gasteiger partial charge is 0.252 e. The van der Waals surface area contributed by atoms with Crippen LogP contribution in [0.15, 0.2) is 65.6 Å². The molecule has 0 radical (unpaired) electrons. The van der Waals surface area contributed by atoms with Crippen LogP contribution in [0.4, 0.5) is 11.4 Å². The molecule has 4 rings (SSSR count). The van der Waals surface area contributed by atoms with Crippen molar-refractivity contribution in [2.45, 2.75) is 13.0 Å². The van der Waals surface area contributed by atoms with Crippen molar-refractivity contribution in [2.75, 3.05) is 22.4 Å². The lowest BCUT2D eigenvalue weighted by molar-refractivity contribution is 0.598. The Bertz CT molecular complexity index is 1170. The highest BCUT2D eigenvalue weighted by Crippen LogP contribution is 2.32. The molecule has 1 aliphatic heterocycles.